The fraction of sp³-hybridized carbons (Fsp3) is 0.333. The smallest absolute Gasteiger partial charge is 0.264 e. The van der Waals surface area contributed by atoms with Gasteiger partial charge < -0.3 is 19.7 Å². The summed E-state index contributed by atoms with van der Waals surface area (Å²) in [6.45, 7) is 3.63. The fourth-order valence-corrected chi connectivity index (χ4v) is 5.78. The van der Waals surface area contributed by atoms with Crippen molar-refractivity contribution < 1.29 is 27.5 Å². The summed E-state index contributed by atoms with van der Waals surface area (Å²) in [6, 6.07) is 18.5. The lowest BCUT2D eigenvalue weighted by Crippen LogP contribution is -2.51. The molecule has 0 aliphatic rings. The molecule has 0 saturated heterocycles. The van der Waals surface area contributed by atoms with Crippen LogP contribution in [0.15, 0.2) is 77.7 Å². The lowest BCUT2D eigenvalue weighted by molar-refractivity contribution is -0.139. The van der Waals surface area contributed by atoms with Crippen molar-refractivity contribution in [1.29, 1.82) is 0 Å². The van der Waals surface area contributed by atoms with Crippen LogP contribution in [0.2, 0.25) is 5.02 Å². The highest BCUT2D eigenvalue weighted by atomic mass is 35.5. The molecule has 0 aromatic heterocycles. The molecule has 2 amide bonds. The van der Waals surface area contributed by atoms with Crippen molar-refractivity contribution in [3.63, 3.8) is 0 Å². The lowest BCUT2D eigenvalue weighted by atomic mass is 10.1. The van der Waals surface area contributed by atoms with E-state index >= 15 is 0 Å². The van der Waals surface area contributed by atoms with Crippen molar-refractivity contribution in [3.8, 4) is 11.5 Å². The van der Waals surface area contributed by atoms with Crippen LogP contribution in [0.4, 0.5) is 5.69 Å². The maximum Gasteiger partial charge on any atom is 0.264 e. The van der Waals surface area contributed by atoms with E-state index in [1.165, 1.54) is 42.3 Å². The van der Waals surface area contributed by atoms with E-state index in [9.17, 15) is 18.0 Å². The van der Waals surface area contributed by atoms with Gasteiger partial charge in [0.1, 0.15) is 24.1 Å². The quantitative estimate of drug-likeness (QED) is 0.264. The number of hydrogen-bond acceptors (Lipinski definition) is 6. The molecular weight excluding hydrogens is 566 g/mol. The molecule has 1 atom stereocenters. The average Bonchev–Trinajstić information content (AvgIpc) is 2.98. The molecule has 0 saturated carbocycles. The Bertz CT molecular complexity index is 1420. The second kappa shape index (κ2) is 14.7. The van der Waals surface area contributed by atoms with Gasteiger partial charge in [0.25, 0.3) is 10.0 Å². The zero-order valence-electron chi connectivity index (χ0n) is 23.7. The van der Waals surface area contributed by atoms with Gasteiger partial charge in [-0.15, -0.1) is 0 Å². The number of carbonyl (C=O) groups excluding carboxylic acids is 2. The predicted molar refractivity (Wildman–Crippen MR) is 160 cm³/mol. The molecular formula is C30H36ClN3O6S. The van der Waals surface area contributed by atoms with Crippen molar-refractivity contribution in [3.05, 3.63) is 83.4 Å². The van der Waals surface area contributed by atoms with E-state index < -0.39 is 28.5 Å². The minimum absolute atomic E-state index is 0.00630. The highest BCUT2D eigenvalue weighted by Crippen LogP contribution is 2.32. The normalized spacial score (nSPS) is 11.8. The third-order valence-electron chi connectivity index (χ3n) is 6.54. The van der Waals surface area contributed by atoms with Crippen LogP contribution in [0.25, 0.3) is 0 Å². The summed E-state index contributed by atoms with van der Waals surface area (Å²) in [5.41, 5.74) is 0.926. The van der Waals surface area contributed by atoms with Crippen LogP contribution in [0, 0.1) is 0 Å². The first-order chi connectivity index (χ1) is 19.6. The molecule has 0 heterocycles. The molecule has 3 aromatic carbocycles. The van der Waals surface area contributed by atoms with Gasteiger partial charge in [-0.1, -0.05) is 55.3 Å². The van der Waals surface area contributed by atoms with Gasteiger partial charge in [-0.2, -0.15) is 0 Å². The van der Waals surface area contributed by atoms with Crippen LogP contribution in [0.5, 0.6) is 11.5 Å². The first-order valence-electron chi connectivity index (χ1n) is 13.2. The van der Waals surface area contributed by atoms with Crippen LogP contribution in [-0.4, -0.2) is 58.5 Å². The molecule has 0 aliphatic carbocycles. The highest BCUT2D eigenvalue weighted by Gasteiger charge is 2.32. The van der Waals surface area contributed by atoms with Gasteiger partial charge in [-0.3, -0.25) is 13.9 Å². The Hall–Kier alpha value is -3.76. The maximum atomic E-state index is 14.0. The first kappa shape index (κ1) is 31.8. The number of nitrogens with one attached hydrogen (secondary N) is 1. The lowest BCUT2D eigenvalue weighted by Gasteiger charge is -2.32. The van der Waals surface area contributed by atoms with Crippen LogP contribution in [-0.2, 0) is 26.2 Å². The Morgan fingerprint density at radius 2 is 1.66 bits per heavy atom. The Balaban J connectivity index is 2.02. The number of carbonyl (C=O) groups is 2. The summed E-state index contributed by atoms with van der Waals surface area (Å²) < 4.78 is 39.2. The monoisotopic (exact) mass is 601 g/mol. The number of rotatable bonds is 14. The number of sulfonamides is 1. The molecule has 220 valence electrons. The van der Waals surface area contributed by atoms with E-state index in [2.05, 4.69) is 5.32 Å². The van der Waals surface area contributed by atoms with E-state index in [0.29, 0.717) is 18.0 Å². The summed E-state index contributed by atoms with van der Waals surface area (Å²) in [5, 5.41) is 3.05. The van der Waals surface area contributed by atoms with Crippen LogP contribution in [0.3, 0.4) is 0 Å². The van der Waals surface area contributed by atoms with Gasteiger partial charge in [0.15, 0.2) is 0 Å². The third kappa shape index (κ3) is 8.14. The number of methoxy groups -OCH3 is 2. The Morgan fingerprint density at radius 1 is 0.976 bits per heavy atom. The summed E-state index contributed by atoms with van der Waals surface area (Å²) in [4.78, 5) is 28.4. The number of benzene rings is 3. The second-order valence-electron chi connectivity index (χ2n) is 9.33. The third-order valence-corrected chi connectivity index (χ3v) is 8.63. The molecule has 41 heavy (non-hydrogen) atoms. The highest BCUT2D eigenvalue weighted by molar-refractivity contribution is 7.92. The number of unbranched alkanes of at least 4 members (excludes halogenated alkanes) is 1. The van der Waals surface area contributed by atoms with Gasteiger partial charge in [0.2, 0.25) is 11.8 Å². The molecule has 9 nitrogen and oxygen atoms in total. The SMILES string of the molecule is CCCCNC(=O)[C@@H](C)N(Cc1ccc(OC)cc1)C(=O)CN(c1ccc(OC)c(Cl)c1)S(=O)(=O)c1ccccc1. The number of amides is 2. The van der Waals surface area contributed by atoms with Crippen LogP contribution in [0.1, 0.15) is 32.3 Å². The molecule has 0 spiro atoms. The van der Waals surface area contributed by atoms with Crippen molar-refractivity contribution in [2.24, 2.45) is 0 Å². The summed E-state index contributed by atoms with van der Waals surface area (Å²) in [6.07, 6.45) is 1.70. The molecule has 0 fully saturated rings. The summed E-state index contributed by atoms with van der Waals surface area (Å²) >= 11 is 6.35. The van der Waals surface area contributed by atoms with E-state index in [-0.39, 0.29) is 28.1 Å². The molecule has 11 heteroatoms. The average molecular weight is 602 g/mol. The van der Waals surface area contributed by atoms with Crippen molar-refractivity contribution in [2.75, 3.05) is 31.6 Å². The molecule has 0 radical (unpaired) electrons. The minimum Gasteiger partial charge on any atom is -0.497 e. The van der Waals surface area contributed by atoms with Gasteiger partial charge in [0.05, 0.1) is 29.8 Å². The molecule has 0 unspecified atom stereocenters. The van der Waals surface area contributed by atoms with Gasteiger partial charge in [0, 0.05) is 13.1 Å². The zero-order valence-corrected chi connectivity index (χ0v) is 25.2. The molecule has 0 bridgehead atoms. The van der Waals surface area contributed by atoms with Gasteiger partial charge >= 0.3 is 0 Å². The van der Waals surface area contributed by atoms with E-state index in [4.69, 9.17) is 21.1 Å². The van der Waals surface area contributed by atoms with Crippen LogP contribution < -0.4 is 19.1 Å². The van der Waals surface area contributed by atoms with Crippen molar-refractivity contribution in [1.82, 2.24) is 10.2 Å². The molecule has 0 aliphatic heterocycles. The number of halogens is 1. The number of hydrogen-bond donors (Lipinski definition) is 1. The fourth-order valence-electron chi connectivity index (χ4n) is 4.11. The number of ether oxygens (including phenoxy) is 2. The number of anilines is 1. The van der Waals surface area contributed by atoms with E-state index in [0.717, 1.165) is 22.7 Å². The Kier molecular flexibility index (Phi) is 11.4. The molecule has 3 aromatic rings. The second-order valence-corrected chi connectivity index (χ2v) is 11.6. The summed E-state index contributed by atoms with van der Waals surface area (Å²) in [7, 11) is -1.19. The minimum atomic E-state index is -4.20. The van der Waals surface area contributed by atoms with Gasteiger partial charge in [-0.05, 0) is 61.4 Å². The summed E-state index contributed by atoms with van der Waals surface area (Å²) in [5.74, 6) is 0.112. The Morgan fingerprint density at radius 3 is 2.24 bits per heavy atom. The van der Waals surface area contributed by atoms with E-state index in [1.807, 2.05) is 6.92 Å². The first-order valence-corrected chi connectivity index (χ1v) is 15.1. The standard InChI is InChI=1S/C30H36ClN3O6S/c1-5-6-18-32-30(36)22(2)33(20-23-12-15-25(39-3)16-13-23)29(35)21-34(24-14-17-28(40-4)27(31)19-24)41(37,38)26-10-8-7-9-11-26/h7-17,19,22H,5-6,18,20-21H2,1-4H3,(H,32,36)/t22-/m1/s1. The predicted octanol–water partition coefficient (Wildman–Crippen LogP) is 4.89. The zero-order chi connectivity index (χ0) is 30.0. The molecule has 3 rings (SSSR count). The molecule has 1 N–H and O–H groups in total. The van der Waals surface area contributed by atoms with Crippen LogP contribution >= 0.6 is 11.6 Å². The number of nitrogens with zero attached hydrogens (tertiary/aromatic N) is 2. The van der Waals surface area contributed by atoms with Crippen molar-refractivity contribution in [2.45, 2.75) is 44.2 Å². The largest absolute Gasteiger partial charge is 0.497 e. The van der Waals surface area contributed by atoms with E-state index in [1.54, 1.807) is 56.5 Å². The topological polar surface area (TPSA) is 105 Å². The van der Waals surface area contributed by atoms with Gasteiger partial charge in [-0.25, -0.2) is 8.42 Å². The maximum absolute atomic E-state index is 14.0. The Labute approximate surface area is 247 Å². The van der Waals surface area contributed by atoms with Crippen molar-refractivity contribution >= 4 is 39.1 Å².